The van der Waals surface area contributed by atoms with E-state index >= 15 is 0 Å². The summed E-state index contributed by atoms with van der Waals surface area (Å²) in [7, 11) is 1.40. The molecular weight excluding hydrogens is 336 g/mol. The standard InChI is InChI=1S/C16H15ClN2O5/c1-10-3-4-11(17)7-13(10)18-16(20)9-24-15-6-5-12(23-2)8-14(15)19(21)22/h3-8H,9H2,1-2H3,(H,18,20). The van der Waals surface area contributed by atoms with E-state index in [-0.39, 0.29) is 18.0 Å². The lowest BCUT2D eigenvalue weighted by Gasteiger charge is -2.10. The second-order valence-corrected chi connectivity index (χ2v) is 5.32. The Kier molecular flexibility index (Phi) is 5.59. The van der Waals surface area contributed by atoms with Crippen LogP contribution in [0, 0.1) is 17.0 Å². The minimum Gasteiger partial charge on any atom is -0.496 e. The van der Waals surface area contributed by atoms with Gasteiger partial charge in [0.05, 0.1) is 18.1 Å². The van der Waals surface area contributed by atoms with Crippen molar-refractivity contribution < 1.29 is 19.2 Å². The van der Waals surface area contributed by atoms with E-state index < -0.39 is 10.8 Å². The lowest BCUT2D eigenvalue weighted by atomic mass is 10.2. The van der Waals surface area contributed by atoms with E-state index in [0.717, 1.165) is 5.56 Å². The zero-order chi connectivity index (χ0) is 17.7. The molecule has 0 heterocycles. The predicted octanol–water partition coefficient (Wildman–Crippen LogP) is 3.58. The molecule has 0 bridgehead atoms. The van der Waals surface area contributed by atoms with Crippen LogP contribution in [0.3, 0.4) is 0 Å². The van der Waals surface area contributed by atoms with Gasteiger partial charge in [-0.25, -0.2) is 0 Å². The molecule has 7 nitrogen and oxygen atoms in total. The highest BCUT2D eigenvalue weighted by Gasteiger charge is 2.17. The van der Waals surface area contributed by atoms with Crippen LogP contribution >= 0.6 is 11.6 Å². The van der Waals surface area contributed by atoms with Crippen molar-refractivity contribution in [2.45, 2.75) is 6.92 Å². The first kappa shape index (κ1) is 17.6. The number of nitro groups is 1. The molecule has 0 aliphatic rings. The van der Waals surface area contributed by atoms with Crippen LogP contribution in [-0.2, 0) is 4.79 Å². The number of nitrogens with zero attached hydrogens (tertiary/aromatic N) is 1. The van der Waals surface area contributed by atoms with Gasteiger partial charge in [0, 0.05) is 10.7 Å². The van der Waals surface area contributed by atoms with Crippen molar-refractivity contribution in [3.05, 3.63) is 57.1 Å². The van der Waals surface area contributed by atoms with Gasteiger partial charge in [0.2, 0.25) is 0 Å². The number of benzene rings is 2. The smallest absolute Gasteiger partial charge is 0.314 e. The van der Waals surface area contributed by atoms with Gasteiger partial charge in [-0.2, -0.15) is 0 Å². The normalized spacial score (nSPS) is 10.1. The molecule has 0 saturated carbocycles. The summed E-state index contributed by atoms with van der Waals surface area (Å²) in [5.41, 5.74) is 1.12. The Morgan fingerprint density at radius 1 is 1.29 bits per heavy atom. The zero-order valence-corrected chi connectivity index (χ0v) is 13.8. The van der Waals surface area contributed by atoms with Crippen LogP contribution in [0.2, 0.25) is 5.02 Å². The lowest BCUT2D eigenvalue weighted by Crippen LogP contribution is -2.21. The first-order valence-electron chi connectivity index (χ1n) is 6.92. The Morgan fingerprint density at radius 3 is 2.71 bits per heavy atom. The van der Waals surface area contributed by atoms with E-state index in [1.54, 1.807) is 18.2 Å². The second-order valence-electron chi connectivity index (χ2n) is 4.89. The maximum absolute atomic E-state index is 12.0. The van der Waals surface area contributed by atoms with E-state index in [1.165, 1.54) is 25.3 Å². The average molecular weight is 351 g/mol. The van der Waals surface area contributed by atoms with Crippen LogP contribution in [0.1, 0.15) is 5.56 Å². The van der Waals surface area contributed by atoms with Gasteiger partial charge < -0.3 is 14.8 Å². The highest BCUT2D eigenvalue weighted by Crippen LogP contribution is 2.31. The summed E-state index contributed by atoms with van der Waals surface area (Å²) in [6, 6.07) is 9.23. The number of amides is 1. The Morgan fingerprint density at radius 2 is 2.04 bits per heavy atom. The van der Waals surface area contributed by atoms with Gasteiger partial charge in [0.25, 0.3) is 5.91 Å². The number of anilines is 1. The van der Waals surface area contributed by atoms with Crippen molar-refractivity contribution in [2.24, 2.45) is 0 Å². The van der Waals surface area contributed by atoms with Crippen molar-refractivity contribution in [2.75, 3.05) is 19.0 Å². The fraction of sp³-hybridized carbons (Fsp3) is 0.188. The highest BCUT2D eigenvalue weighted by molar-refractivity contribution is 6.31. The van der Waals surface area contributed by atoms with Crippen molar-refractivity contribution >= 4 is 28.9 Å². The second kappa shape index (κ2) is 7.65. The summed E-state index contributed by atoms with van der Waals surface area (Å²) in [5.74, 6) is -0.141. The van der Waals surface area contributed by atoms with Crippen molar-refractivity contribution in [3.8, 4) is 11.5 Å². The van der Waals surface area contributed by atoms with Gasteiger partial charge in [0.1, 0.15) is 5.75 Å². The van der Waals surface area contributed by atoms with Gasteiger partial charge in [-0.1, -0.05) is 17.7 Å². The molecule has 1 N–H and O–H groups in total. The molecule has 0 aromatic heterocycles. The number of hydrogen-bond donors (Lipinski definition) is 1. The molecule has 24 heavy (non-hydrogen) atoms. The molecule has 0 saturated heterocycles. The topological polar surface area (TPSA) is 90.7 Å². The molecular formula is C16H15ClN2O5. The molecule has 126 valence electrons. The Bertz CT molecular complexity index is 779. The van der Waals surface area contributed by atoms with Gasteiger partial charge in [-0.05, 0) is 36.8 Å². The highest BCUT2D eigenvalue weighted by atomic mass is 35.5. The van der Waals surface area contributed by atoms with Crippen LogP contribution in [0.15, 0.2) is 36.4 Å². The van der Waals surface area contributed by atoms with Crippen molar-refractivity contribution in [1.82, 2.24) is 0 Å². The number of nitro benzene ring substituents is 1. The summed E-state index contributed by atoms with van der Waals surface area (Å²) < 4.78 is 10.2. The maximum atomic E-state index is 12.0. The summed E-state index contributed by atoms with van der Waals surface area (Å²) in [6.07, 6.45) is 0. The van der Waals surface area contributed by atoms with Gasteiger partial charge in [-0.3, -0.25) is 14.9 Å². The van der Waals surface area contributed by atoms with Crippen LogP contribution in [-0.4, -0.2) is 24.5 Å². The van der Waals surface area contributed by atoms with E-state index in [1.807, 2.05) is 6.92 Å². The third-order valence-corrected chi connectivity index (χ3v) is 3.43. The first-order valence-corrected chi connectivity index (χ1v) is 7.29. The molecule has 0 fully saturated rings. The third kappa shape index (κ3) is 4.36. The zero-order valence-electron chi connectivity index (χ0n) is 13.0. The summed E-state index contributed by atoms with van der Waals surface area (Å²) in [5, 5.41) is 14.2. The van der Waals surface area contributed by atoms with Crippen LogP contribution < -0.4 is 14.8 Å². The Labute approximate surface area is 143 Å². The molecule has 1 amide bonds. The van der Waals surface area contributed by atoms with Crippen LogP contribution in [0.25, 0.3) is 0 Å². The fourth-order valence-corrected chi connectivity index (χ4v) is 2.12. The number of aryl methyl sites for hydroxylation is 1. The van der Waals surface area contributed by atoms with Crippen molar-refractivity contribution in [1.29, 1.82) is 0 Å². The predicted molar refractivity (Wildman–Crippen MR) is 90.0 cm³/mol. The number of rotatable bonds is 6. The number of hydrogen-bond acceptors (Lipinski definition) is 5. The Hall–Kier alpha value is -2.80. The molecule has 2 aromatic rings. The maximum Gasteiger partial charge on any atom is 0.314 e. The largest absolute Gasteiger partial charge is 0.496 e. The molecule has 0 atom stereocenters. The van der Waals surface area contributed by atoms with Gasteiger partial charge in [0.15, 0.2) is 12.4 Å². The third-order valence-electron chi connectivity index (χ3n) is 3.20. The molecule has 2 rings (SSSR count). The molecule has 0 unspecified atom stereocenters. The van der Waals surface area contributed by atoms with E-state index in [9.17, 15) is 14.9 Å². The molecule has 0 radical (unpaired) electrons. The fourth-order valence-electron chi connectivity index (χ4n) is 1.95. The molecule has 2 aromatic carbocycles. The van der Waals surface area contributed by atoms with Gasteiger partial charge >= 0.3 is 5.69 Å². The minimum atomic E-state index is -0.600. The van der Waals surface area contributed by atoms with E-state index in [2.05, 4.69) is 5.32 Å². The molecule has 0 aliphatic carbocycles. The first-order chi connectivity index (χ1) is 11.4. The number of methoxy groups -OCH3 is 1. The Balaban J connectivity index is 2.06. The lowest BCUT2D eigenvalue weighted by molar-refractivity contribution is -0.385. The SMILES string of the molecule is COc1ccc(OCC(=O)Nc2cc(Cl)ccc2C)c([N+](=O)[O-])c1. The van der Waals surface area contributed by atoms with Crippen LogP contribution in [0.5, 0.6) is 11.5 Å². The van der Waals surface area contributed by atoms with E-state index in [4.69, 9.17) is 21.1 Å². The monoisotopic (exact) mass is 350 g/mol. The number of carbonyl (C=O) groups excluding carboxylic acids is 1. The number of halogens is 1. The molecule has 0 aliphatic heterocycles. The van der Waals surface area contributed by atoms with Crippen LogP contribution in [0.4, 0.5) is 11.4 Å². The number of nitrogens with one attached hydrogen (secondary N) is 1. The molecule has 0 spiro atoms. The minimum absolute atomic E-state index is 0.0150. The summed E-state index contributed by atoms with van der Waals surface area (Å²) in [6.45, 7) is 1.44. The summed E-state index contributed by atoms with van der Waals surface area (Å²) in [4.78, 5) is 22.4. The summed E-state index contributed by atoms with van der Waals surface area (Å²) >= 11 is 5.89. The quantitative estimate of drug-likeness (QED) is 0.635. The average Bonchev–Trinajstić information content (AvgIpc) is 2.56. The van der Waals surface area contributed by atoms with Crippen molar-refractivity contribution in [3.63, 3.8) is 0 Å². The number of ether oxygens (including phenoxy) is 2. The van der Waals surface area contributed by atoms with Gasteiger partial charge in [-0.15, -0.1) is 0 Å². The number of carbonyl (C=O) groups is 1. The van der Waals surface area contributed by atoms with E-state index in [0.29, 0.717) is 16.5 Å². The molecule has 8 heteroatoms.